The predicted octanol–water partition coefficient (Wildman–Crippen LogP) is 3.12. The second-order valence-corrected chi connectivity index (χ2v) is 5.53. The van der Waals surface area contributed by atoms with E-state index in [4.69, 9.17) is 4.74 Å². The molecule has 1 atom stereocenters. The zero-order valence-electron chi connectivity index (χ0n) is 12.1. The van der Waals surface area contributed by atoms with Gasteiger partial charge in [0.1, 0.15) is 11.8 Å². The molecular formula is C17H16N2O2. The topological polar surface area (TPSA) is 63.0 Å². The van der Waals surface area contributed by atoms with Crippen LogP contribution in [0.15, 0.2) is 18.2 Å². The molecule has 1 aromatic heterocycles. The molecule has 1 fully saturated rings. The number of fused-ring (bicyclic) bond motifs is 1. The first-order valence-corrected chi connectivity index (χ1v) is 7.04. The zero-order chi connectivity index (χ0) is 15.0. The standard InChI is InChI=1S/C17H16N2O2/c1-10-5-13(11(2)20)15-7-14(12-3-4-21-9-12)17(8-18)19-16(15)6-10/h5-7,12H,3-4,9H2,1-2H3. The van der Waals surface area contributed by atoms with Crippen molar-refractivity contribution in [1.29, 1.82) is 5.26 Å². The number of ether oxygens (including phenoxy) is 1. The van der Waals surface area contributed by atoms with Crippen LogP contribution < -0.4 is 0 Å². The van der Waals surface area contributed by atoms with Gasteiger partial charge in [-0.25, -0.2) is 4.98 Å². The Hall–Kier alpha value is -2.25. The maximum absolute atomic E-state index is 11.9. The van der Waals surface area contributed by atoms with Crippen LogP contribution in [0.3, 0.4) is 0 Å². The van der Waals surface area contributed by atoms with Gasteiger partial charge in [-0.15, -0.1) is 0 Å². The van der Waals surface area contributed by atoms with E-state index in [9.17, 15) is 10.1 Å². The lowest BCUT2D eigenvalue weighted by molar-refractivity contribution is 0.101. The van der Waals surface area contributed by atoms with Crippen LogP contribution in [0.4, 0.5) is 0 Å². The maximum Gasteiger partial charge on any atom is 0.160 e. The van der Waals surface area contributed by atoms with Crippen LogP contribution in [0, 0.1) is 18.3 Å². The van der Waals surface area contributed by atoms with Gasteiger partial charge >= 0.3 is 0 Å². The van der Waals surface area contributed by atoms with Crippen molar-refractivity contribution in [2.45, 2.75) is 26.2 Å². The van der Waals surface area contributed by atoms with Crippen LogP contribution in [0.2, 0.25) is 0 Å². The van der Waals surface area contributed by atoms with Crippen molar-refractivity contribution in [2.24, 2.45) is 0 Å². The summed E-state index contributed by atoms with van der Waals surface area (Å²) in [7, 11) is 0. The van der Waals surface area contributed by atoms with Crippen LogP contribution in [-0.4, -0.2) is 24.0 Å². The molecule has 1 aliphatic rings. The number of nitriles is 1. The highest BCUT2D eigenvalue weighted by atomic mass is 16.5. The summed E-state index contributed by atoms with van der Waals surface area (Å²) in [4.78, 5) is 16.4. The van der Waals surface area contributed by atoms with E-state index >= 15 is 0 Å². The highest BCUT2D eigenvalue weighted by Crippen LogP contribution is 2.31. The molecule has 1 aliphatic heterocycles. The molecule has 0 N–H and O–H groups in total. The first kappa shape index (κ1) is 13.7. The van der Waals surface area contributed by atoms with Crippen molar-refractivity contribution in [3.8, 4) is 6.07 Å². The number of rotatable bonds is 2. The Morgan fingerprint density at radius 1 is 1.43 bits per heavy atom. The fourth-order valence-electron chi connectivity index (χ4n) is 2.90. The van der Waals surface area contributed by atoms with Crippen molar-refractivity contribution in [2.75, 3.05) is 13.2 Å². The zero-order valence-corrected chi connectivity index (χ0v) is 12.1. The molecule has 0 spiro atoms. The average molecular weight is 280 g/mol. The van der Waals surface area contributed by atoms with Crippen molar-refractivity contribution in [3.05, 3.63) is 40.6 Å². The SMILES string of the molecule is CC(=O)c1cc(C)cc2nc(C#N)c(C3CCOC3)cc12. The first-order valence-electron chi connectivity index (χ1n) is 7.04. The molecule has 0 aliphatic carbocycles. The number of hydrogen-bond donors (Lipinski definition) is 0. The highest BCUT2D eigenvalue weighted by molar-refractivity contribution is 6.06. The van der Waals surface area contributed by atoms with Gasteiger partial charge in [-0.05, 0) is 49.6 Å². The van der Waals surface area contributed by atoms with Gasteiger partial charge in [-0.2, -0.15) is 5.26 Å². The van der Waals surface area contributed by atoms with Gasteiger partial charge in [0, 0.05) is 23.5 Å². The third-order valence-electron chi connectivity index (χ3n) is 3.96. The summed E-state index contributed by atoms with van der Waals surface area (Å²) in [6, 6.07) is 7.93. The Morgan fingerprint density at radius 3 is 2.86 bits per heavy atom. The largest absolute Gasteiger partial charge is 0.381 e. The molecule has 4 heteroatoms. The summed E-state index contributed by atoms with van der Waals surface area (Å²) in [5, 5.41) is 10.2. The fourth-order valence-corrected chi connectivity index (χ4v) is 2.90. The second-order valence-electron chi connectivity index (χ2n) is 5.53. The quantitative estimate of drug-likeness (QED) is 0.793. The molecule has 4 nitrogen and oxygen atoms in total. The molecule has 1 aromatic carbocycles. The van der Waals surface area contributed by atoms with E-state index in [0.717, 1.165) is 22.9 Å². The molecular weight excluding hydrogens is 264 g/mol. The van der Waals surface area contributed by atoms with Crippen LogP contribution in [-0.2, 0) is 4.74 Å². The number of carbonyl (C=O) groups is 1. The molecule has 1 unspecified atom stereocenters. The Labute approximate surface area is 123 Å². The van der Waals surface area contributed by atoms with Crippen LogP contribution in [0.5, 0.6) is 0 Å². The first-order chi connectivity index (χ1) is 10.1. The van der Waals surface area contributed by atoms with Crippen LogP contribution >= 0.6 is 0 Å². The summed E-state index contributed by atoms with van der Waals surface area (Å²) in [5.74, 6) is 0.210. The Kier molecular flexibility index (Phi) is 3.44. The number of nitrogens with zero attached hydrogens (tertiary/aromatic N) is 2. The predicted molar refractivity (Wildman–Crippen MR) is 79.4 cm³/mol. The van der Waals surface area contributed by atoms with Gasteiger partial charge in [-0.1, -0.05) is 0 Å². The van der Waals surface area contributed by atoms with Crippen molar-refractivity contribution < 1.29 is 9.53 Å². The van der Waals surface area contributed by atoms with E-state index in [2.05, 4.69) is 11.1 Å². The van der Waals surface area contributed by atoms with Crippen molar-refractivity contribution in [1.82, 2.24) is 4.98 Å². The van der Waals surface area contributed by atoms with Gasteiger partial charge in [0.05, 0.1) is 12.1 Å². The van der Waals surface area contributed by atoms with E-state index in [1.165, 1.54) is 0 Å². The van der Waals surface area contributed by atoms with E-state index in [0.29, 0.717) is 30.0 Å². The lowest BCUT2D eigenvalue weighted by Crippen LogP contribution is -2.05. The minimum atomic E-state index is 0.0174. The minimum Gasteiger partial charge on any atom is -0.381 e. The van der Waals surface area contributed by atoms with Gasteiger partial charge in [0.15, 0.2) is 5.78 Å². The number of carbonyl (C=O) groups excluding carboxylic acids is 1. The summed E-state index contributed by atoms with van der Waals surface area (Å²) in [6.45, 7) is 4.81. The minimum absolute atomic E-state index is 0.0174. The van der Waals surface area contributed by atoms with Gasteiger partial charge in [0.25, 0.3) is 0 Å². The van der Waals surface area contributed by atoms with E-state index in [1.54, 1.807) is 6.92 Å². The van der Waals surface area contributed by atoms with Gasteiger partial charge in [0.2, 0.25) is 0 Å². The van der Waals surface area contributed by atoms with E-state index in [-0.39, 0.29) is 11.7 Å². The number of ketones is 1. The molecule has 0 radical (unpaired) electrons. The Morgan fingerprint density at radius 2 is 2.24 bits per heavy atom. The molecule has 0 bridgehead atoms. The molecule has 106 valence electrons. The Bertz CT molecular complexity index is 768. The maximum atomic E-state index is 11.9. The summed E-state index contributed by atoms with van der Waals surface area (Å²) in [5.41, 5.74) is 3.69. The lowest BCUT2D eigenvalue weighted by atomic mass is 9.93. The van der Waals surface area contributed by atoms with Crippen molar-refractivity contribution >= 4 is 16.7 Å². The summed E-state index contributed by atoms with van der Waals surface area (Å²) < 4.78 is 5.42. The number of aryl methyl sites for hydroxylation is 1. The Balaban J connectivity index is 2.29. The second kappa shape index (κ2) is 5.27. The normalized spacial score (nSPS) is 17.9. The fraction of sp³-hybridized carbons (Fsp3) is 0.353. The monoisotopic (exact) mass is 280 g/mol. The highest BCUT2D eigenvalue weighted by Gasteiger charge is 2.23. The molecule has 3 rings (SSSR count). The average Bonchev–Trinajstić information content (AvgIpc) is 2.98. The van der Waals surface area contributed by atoms with Crippen LogP contribution in [0.1, 0.15) is 46.4 Å². The molecule has 1 saturated heterocycles. The van der Waals surface area contributed by atoms with Gasteiger partial charge in [-0.3, -0.25) is 4.79 Å². The van der Waals surface area contributed by atoms with Gasteiger partial charge < -0.3 is 4.74 Å². The number of hydrogen-bond acceptors (Lipinski definition) is 4. The molecule has 2 aromatic rings. The third-order valence-corrected chi connectivity index (χ3v) is 3.96. The van der Waals surface area contributed by atoms with E-state index in [1.807, 2.05) is 25.1 Å². The van der Waals surface area contributed by atoms with E-state index < -0.39 is 0 Å². The third kappa shape index (κ3) is 2.41. The number of pyridine rings is 1. The van der Waals surface area contributed by atoms with Crippen molar-refractivity contribution in [3.63, 3.8) is 0 Å². The molecule has 21 heavy (non-hydrogen) atoms. The molecule has 2 heterocycles. The number of benzene rings is 1. The number of aromatic nitrogens is 1. The molecule has 0 saturated carbocycles. The lowest BCUT2D eigenvalue weighted by Gasteiger charge is -2.13. The number of Topliss-reactive ketones (excluding diaryl/α,β-unsaturated/α-hetero) is 1. The smallest absolute Gasteiger partial charge is 0.160 e. The van der Waals surface area contributed by atoms with Crippen LogP contribution in [0.25, 0.3) is 10.9 Å². The molecule has 0 amide bonds. The summed E-state index contributed by atoms with van der Waals surface area (Å²) >= 11 is 0. The summed E-state index contributed by atoms with van der Waals surface area (Å²) in [6.07, 6.45) is 0.892.